The smallest absolute Gasteiger partial charge is 0.0620 e. The lowest BCUT2D eigenvalue weighted by Gasteiger charge is -2.32. The highest BCUT2D eigenvalue weighted by Crippen LogP contribution is 2.38. The highest BCUT2D eigenvalue weighted by Gasteiger charge is 2.39. The van der Waals surface area contributed by atoms with Crippen LogP contribution in [0.3, 0.4) is 0 Å². The van der Waals surface area contributed by atoms with Crippen LogP contribution in [0, 0.1) is 5.92 Å². The van der Waals surface area contributed by atoms with E-state index in [-0.39, 0.29) is 0 Å². The SMILES string of the molecule is CNCC1CCCN1C(COC)C1CC1. The Balaban J connectivity index is 1.92. The largest absolute Gasteiger partial charge is 0.383 e. The van der Waals surface area contributed by atoms with Crippen molar-refractivity contribution in [1.82, 2.24) is 10.2 Å². The molecule has 2 rings (SSSR count). The fourth-order valence-corrected chi connectivity index (χ4v) is 2.90. The summed E-state index contributed by atoms with van der Waals surface area (Å²) in [5, 5.41) is 3.31. The van der Waals surface area contributed by atoms with Crippen molar-refractivity contribution >= 4 is 0 Å². The van der Waals surface area contributed by atoms with Crippen molar-refractivity contribution in [1.29, 1.82) is 0 Å². The molecule has 1 aliphatic heterocycles. The van der Waals surface area contributed by atoms with E-state index < -0.39 is 0 Å². The van der Waals surface area contributed by atoms with Crippen molar-refractivity contribution in [3.05, 3.63) is 0 Å². The summed E-state index contributed by atoms with van der Waals surface area (Å²) in [5.41, 5.74) is 0. The van der Waals surface area contributed by atoms with Gasteiger partial charge in [-0.05, 0) is 45.2 Å². The predicted octanol–water partition coefficient (Wildman–Crippen LogP) is 1.10. The highest BCUT2D eigenvalue weighted by atomic mass is 16.5. The summed E-state index contributed by atoms with van der Waals surface area (Å²) in [4.78, 5) is 2.69. The molecule has 88 valence electrons. The van der Waals surface area contributed by atoms with Gasteiger partial charge < -0.3 is 10.1 Å². The lowest BCUT2D eigenvalue weighted by atomic mass is 10.1. The molecule has 3 nitrogen and oxygen atoms in total. The Bertz CT molecular complexity index is 194. The molecule has 2 unspecified atom stereocenters. The van der Waals surface area contributed by atoms with Gasteiger partial charge in [0.05, 0.1) is 6.61 Å². The lowest BCUT2D eigenvalue weighted by Crippen LogP contribution is -2.46. The minimum Gasteiger partial charge on any atom is -0.383 e. The Morgan fingerprint density at radius 2 is 2.20 bits per heavy atom. The fraction of sp³-hybridized carbons (Fsp3) is 1.00. The van der Waals surface area contributed by atoms with E-state index in [4.69, 9.17) is 4.74 Å². The maximum absolute atomic E-state index is 5.38. The first-order valence-electron chi connectivity index (χ1n) is 6.26. The molecule has 0 radical (unpaired) electrons. The Hall–Kier alpha value is -0.120. The van der Waals surface area contributed by atoms with Crippen molar-refractivity contribution in [2.75, 3.05) is 33.9 Å². The van der Waals surface area contributed by atoms with Crippen LogP contribution < -0.4 is 5.32 Å². The number of nitrogens with zero attached hydrogens (tertiary/aromatic N) is 1. The van der Waals surface area contributed by atoms with Gasteiger partial charge in [-0.1, -0.05) is 0 Å². The molecule has 2 aliphatic rings. The van der Waals surface area contributed by atoms with Gasteiger partial charge in [-0.15, -0.1) is 0 Å². The third kappa shape index (κ3) is 2.71. The van der Waals surface area contributed by atoms with E-state index >= 15 is 0 Å². The molecule has 0 aromatic carbocycles. The van der Waals surface area contributed by atoms with Crippen molar-refractivity contribution in [3.8, 4) is 0 Å². The number of hydrogen-bond donors (Lipinski definition) is 1. The van der Waals surface area contributed by atoms with Gasteiger partial charge in [-0.25, -0.2) is 0 Å². The van der Waals surface area contributed by atoms with E-state index in [0.29, 0.717) is 6.04 Å². The molecular weight excluding hydrogens is 188 g/mol. The van der Waals surface area contributed by atoms with Gasteiger partial charge >= 0.3 is 0 Å². The topological polar surface area (TPSA) is 24.5 Å². The van der Waals surface area contributed by atoms with Gasteiger partial charge in [-0.3, -0.25) is 4.90 Å². The Kier molecular flexibility index (Phi) is 4.00. The number of nitrogens with one attached hydrogen (secondary N) is 1. The summed E-state index contributed by atoms with van der Waals surface area (Å²) < 4.78 is 5.38. The second-order valence-corrected chi connectivity index (χ2v) is 4.95. The molecule has 1 heterocycles. The van der Waals surface area contributed by atoms with Gasteiger partial charge in [0, 0.05) is 25.7 Å². The number of ether oxygens (including phenoxy) is 1. The van der Waals surface area contributed by atoms with Crippen LogP contribution >= 0.6 is 0 Å². The highest BCUT2D eigenvalue weighted by molar-refractivity contribution is 4.93. The van der Waals surface area contributed by atoms with E-state index in [9.17, 15) is 0 Å². The second-order valence-electron chi connectivity index (χ2n) is 4.95. The third-order valence-electron chi connectivity index (χ3n) is 3.79. The van der Waals surface area contributed by atoms with Crippen LogP contribution in [0.4, 0.5) is 0 Å². The Morgan fingerprint density at radius 1 is 1.40 bits per heavy atom. The molecule has 1 N–H and O–H groups in total. The van der Waals surface area contributed by atoms with Crippen molar-refractivity contribution in [2.24, 2.45) is 5.92 Å². The molecular formula is C12H24N2O. The van der Waals surface area contributed by atoms with Crippen LogP contribution in [0.1, 0.15) is 25.7 Å². The van der Waals surface area contributed by atoms with Crippen LogP contribution in [0.2, 0.25) is 0 Å². The Morgan fingerprint density at radius 3 is 2.80 bits per heavy atom. The summed E-state index contributed by atoms with van der Waals surface area (Å²) in [7, 11) is 3.89. The van der Waals surface area contributed by atoms with E-state index in [2.05, 4.69) is 17.3 Å². The maximum Gasteiger partial charge on any atom is 0.0620 e. The number of rotatable bonds is 6. The number of methoxy groups -OCH3 is 1. The molecule has 1 saturated heterocycles. The molecule has 0 aromatic heterocycles. The quantitative estimate of drug-likeness (QED) is 0.713. The molecule has 0 spiro atoms. The summed E-state index contributed by atoms with van der Waals surface area (Å²) >= 11 is 0. The average molecular weight is 212 g/mol. The van der Waals surface area contributed by atoms with E-state index in [1.54, 1.807) is 0 Å². The first-order valence-corrected chi connectivity index (χ1v) is 6.26. The second kappa shape index (κ2) is 5.28. The van der Waals surface area contributed by atoms with Crippen molar-refractivity contribution < 1.29 is 4.74 Å². The number of likely N-dealkylation sites (tertiary alicyclic amines) is 1. The van der Waals surface area contributed by atoms with Gasteiger partial charge in [0.2, 0.25) is 0 Å². The zero-order valence-corrected chi connectivity index (χ0v) is 10.0. The molecule has 15 heavy (non-hydrogen) atoms. The predicted molar refractivity (Wildman–Crippen MR) is 62.0 cm³/mol. The molecule has 1 saturated carbocycles. The molecule has 2 atom stereocenters. The first-order chi connectivity index (χ1) is 7.36. The fourth-order valence-electron chi connectivity index (χ4n) is 2.90. The molecule has 0 bridgehead atoms. The summed E-state index contributed by atoms with van der Waals surface area (Å²) in [6, 6.07) is 1.44. The monoisotopic (exact) mass is 212 g/mol. The van der Waals surface area contributed by atoms with Crippen LogP contribution in [0.25, 0.3) is 0 Å². The van der Waals surface area contributed by atoms with Crippen molar-refractivity contribution in [3.63, 3.8) is 0 Å². The minimum absolute atomic E-state index is 0.691. The van der Waals surface area contributed by atoms with Gasteiger partial charge in [0.15, 0.2) is 0 Å². The zero-order chi connectivity index (χ0) is 10.7. The molecule has 1 aliphatic carbocycles. The van der Waals surface area contributed by atoms with Gasteiger partial charge in [-0.2, -0.15) is 0 Å². The van der Waals surface area contributed by atoms with Crippen LogP contribution in [0.15, 0.2) is 0 Å². The van der Waals surface area contributed by atoms with Crippen LogP contribution in [-0.2, 0) is 4.74 Å². The summed E-state index contributed by atoms with van der Waals surface area (Å²) in [6.07, 6.45) is 5.54. The van der Waals surface area contributed by atoms with E-state index in [1.807, 2.05) is 7.11 Å². The van der Waals surface area contributed by atoms with Crippen molar-refractivity contribution in [2.45, 2.75) is 37.8 Å². The maximum atomic E-state index is 5.38. The molecule has 2 fully saturated rings. The molecule has 0 aromatic rings. The van der Waals surface area contributed by atoms with Gasteiger partial charge in [0.1, 0.15) is 0 Å². The first kappa shape index (κ1) is 11.4. The molecule has 0 amide bonds. The Labute approximate surface area is 93.2 Å². The standard InChI is InChI=1S/C12H24N2O/c1-13-8-11-4-3-7-14(11)12(9-15-2)10-5-6-10/h10-13H,3-9H2,1-2H3. The number of hydrogen-bond acceptors (Lipinski definition) is 3. The summed E-state index contributed by atoms with van der Waals surface area (Å²) in [5.74, 6) is 0.919. The minimum atomic E-state index is 0.691. The van der Waals surface area contributed by atoms with Gasteiger partial charge in [0.25, 0.3) is 0 Å². The van der Waals surface area contributed by atoms with E-state index in [0.717, 1.165) is 25.1 Å². The normalized spacial score (nSPS) is 29.6. The summed E-state index contributed by atoms with van der Waals surface area (Å²) in [6.45, 7) is 3.33. The third-order valence-corrected chi connectivity index (χ3v) is 3.79. The lowest BCUT2D eigenvalue weighted by molar-refractivity contribution is 0.0698. The molecule has 3 heteroatoms. The number of likely N-dealkylation sites (N-methyl/N-ethyl adjacent to an activating group) is 1. The van der Waals surface area contributed by atoms with Crippen LogP contribution in [0.5, 0.6) is 0 Å². The average Bonchev–Trinajstić information content (AvgIpc) is 2.97. The van der Waals surface area contributed by atoms with E-state index in [1.165, 1.54) is 32.2 Å². The van der Waals surface area contributed by atoms with Crippen LogP contribution in [-0.4, -0.2) is 50.8 Å². The zero-order valence-electron chi connectivity index (χ0n) is 10.0.